The third kappa shape index (κ3) is 2.50. The highest BCUT2D eigenvalue weighted by Crippen LogP contribution is 2.33. The lowest BCUT2D eigenvalue weighted by molar-refractivity contribution is -0.142. The second kappa shape index (κ2) is 5.68. The molecule has 1 aromatic heterocycles. The van der Waals surface area contributed by atoms with Crippen LogP contribution in [0.15, 0.2) is 15.9 Å². The van der Waals surface area contributed by atoms with Gasteiger partial charge in [-0.3, -0.25) is 9.59 Å². The molecular formula is C16H19FN4O3. The van der Waals surface area contributed by atoms with E-state index in [4.69, 9.17) is 4.52 Å². The number of halogens is 1. The Bertz CT molecular complexity index is 717. The van der Waals surface area contributed by atoms with Crippen molar-refractivity contribution in [3.8, 4) is 0 Å². The molecule has 2 saturated heterocycles. The molecule has 1 unspecified atom stereocenters. The average Bonchev–Trinajstić information content (AvgIpc) is 3.02. The quantitative estimate of drug-likeness (QED) is 0.779. The van der Waals surface area contributed by atoms with Crippen molar-refractivity contribution in [2.45, 2.75) is 44.6 Å². The van der Waals surface area contributed by atoms with Crippen molar-refractivity contribution in [3.63, 3.8) is 0 Å². The number of amides is 2. The van der Waals surface area contributed by atoms with Gasteiger partial charge in [-0.15, -0.1) is 0 Å². The summed E-state index contributed by atoms with van der Waals surface area (Å²) in [4.78, 5) is 31.7. The third-order valence-electron chi connectivity index (χ3n) is 5.10. The number of carbonyl (C=O) groups excluding carboxylic acids is 2. The van der Waals surface area contributed by atoms with Crippen LogP contribution in [-0.4, -0.2) is 57.4 Å². The molecule has 1 atom stereocenters. The predicted molar refractivity (Wildman–Crippen MR) is 80.5 cm³/mol. The summed E-state index contributed by atoms with van der Waals surface area (Å²) in [5, 5.41) is 3.76. The van der Waals surface area contributed by atoms with E-state index in [1.54, 1.807) is 11.8 Å². The minimum atomic E-state index is -0.591. The van der Waals surface area contributed by atoms with E-state index in [0.29, 0.717) is 56.2 Å². The van der Waals surface area contributed by atoms with Crippen molar-refractivity contribution >= 4 is 11.8 Å². The lowest BCUT2D eigenvalue weighted by Gasteiger charge is -2.44. The van der Waals surface area contributed by atoms with Crippen LogP contribution in [0.1, 0.15) is 43.3 Å². The highest BCUT2D eigenvalue weighted by Gasteiger charge is 2.44. The highest BCUT2D eigenvalue weighted by atomic mass is 19.1. The number of aryl methyl sites for hydroxylation is 1. The second-order valence-electron chi connectivity index (χ2n) is 6.76. The summed E-state index contributed by atoms with van der Waals surface area (Å²) in [6, 6.07) is -0.0466. The van der Waals surface area contributed by atoms with Gasteiger partial charge in [-0.1, -0.05) is 5.16 Å². The molecule has 0 radical (unpaired) electrons. The second-order valence-corrected chi connectivity index (χ2v) is 6.76. The summed E-state index contributed by atoms with van der Waals surface area (Å²) in [5.41, 5.74) is 0.632. The van der Waals surface area contributed by atoms with Gasteiger partial charge in [-0.2, -0.15) is 4.98 Å². The van der Waals surface area contributed by atoms with E-state index in [-0.39, 0.29) is 17.9 Å². The molecule has 1 aliphatic carbocycles. The summed E-state index contributed by atoms with van der Waals surface area (Å²) in [6.45, 7) is 3.03. The maximum atomic E-state index is 14.0. The number of hydrogen-bond acceptors (Lipinski definition) is 5. The average molecular weight is 334 g/mol. The summed E-state index contributed by atoms with van der Waals surface area (Å²) in [5.74, 6) is -0.168. The Morgan fingerprint density at radius 1 is 1.29 bits per heavy atom. The Morgan fingerprint density at radius 2 is 2.04 bits per heavy atom. The number of carbonyl (C=O) groups is 2. The molecule has 7 nitrogen and oxygen atoms in total. The maximum Gasteiger partial charge on any atom is 0.282 e. The van der Waals surface area contributed by atoms with Crippen LogP contribution in [0.25, 0.3) is 0 Å². The van der Waals surface area contributed by atoms with E-state index in [2.05, 4.69) is 10.1 Å². The van der Waals surface area contributed by atoms with E-state index in [0.717, 1.165) is 6.42 Å². The van der Waals surface area contributed by atoms with Crippen LogP contribution >= 0.6 is 0 Å². The third-order valence-corrected chi connectivity index (χ3v) is 5.10. The standard InChI is InChI=1S/C16H19FN4O3/c1-9-18-15(24-19-9)11-5-13(22)21(6-11)12-7-20(8-12)16(23)14(17)10-3-2-4-10/h11-12H,2-8H2,1H3. The molecule has 4 rings (SSSR count). The maximum absolute atomic E-state index is 14.0. The first-order valence-electron chi connectivity index (χ1n) is 8.29. The Hall–Kier alpha value is -2.25. The van der Waals surface area contributed by atoms with Crippen molar-refractivity contribution in [1.29, 1.82) is 0 Å². The van der Waals surface area contributed by atoms with Gasteiger partial charge in [-0.25, -0.2) is 4.39 Å². The van der Waals surface area contributed by atoms with Crippen LogP contribution in [0.3, 0.4) is 0 Å². The fourth-order valence-electron chi connectivity index (χ4n) is 3.41. The van der Waals surface area contributed by atoms with Gasteiger partial charge in [0, 0.05) is 26.1 Å². The van der Waals surface area contributed by atoms with Gasteiger partial charge in [0.25, 0.3) is 5.91 Å². The molecule has 0 bridgehead atoms. The van der Waals surface area contributed by atoms with E-state index in [9.17, 15) is 14.0 Å². The van der Waals surface area contributed by atoms with Gasteiger partial charge in [0.15, 0.2) is 11.7 Å². The van der Waals surface area contributed by atoms with Gasteiger partial charge < -0.3 is 14.3 Å². The van der Waals surface area contributed by atoms with Crippen LogP contribution in [0.5, 0.6) is 0 Å². The van der Waals surface area contributed by atoms with E-state index in [1.807, 2.05) is 0 Å². The molecule has 0 spiro atoms. The largest absolute Gasteiger partial charge is 0.339 e. The van der Waals surface area contributed by atoms with Gasteiger partial charge in [0.2, 0.25) is 11.8 Å². The Morgan fingerprint density at radius 3 is 2.62 bits per heavy atom. The minimum absolute atomic E-state index is 0.0192. The van der Waals surface area contributed by atoms with Crippen molar-refractivity contribution in [3.05, 3.63) is 23.1 Å². The van der Waals surface area contributed by atoms with Crippen molar-refractivity contribution in [1.82, 2.24) is 19.9 Å². The van der Waals surface area contributed by atoms with Crippen molar-refractivity contribution < 1.29 is 18.5 Å². The molecular weight excluding hydrogens is 315 g/mol. The molecule has 1 saturated carbocycles. The minimum Gasteiger partial charge on any atom is -0.339 e. The molecule has 1 aromatic rings. The van der Waals surface area contributed by atoms with Gasteiger partial charge in [0.05, 0.1) is 12.0 Å². The lowest BCUT2D eigenvalue weighted by atomic mass is 9.91. The van der Waals surface area contributed by atoms with Crippen molar-refractivity contribution in [2.75, 3.05) is 19.6 Å². The Balaban J connectivity index is 1.35. The van der Waals surface area contributed by atoms with Gasteiger partial charge in [-0.05, 0) is 31.8 Å². The Kier molecular flexibility index (Phi) is 3.62. The van der Waals surface area contributed by atoms with Crippen LogP contribution in [-0.2, 0) is 9.59 Å². The topological polar surface area (TPSA) is 79.5 Å². The van der Waals surface area contributed by atoms with Gasteiger partial charge >= 0.3 is 0 Å². The smallest absolute Gasteiger partial charge is 0.282 e. The van der Waals surface area contributed by atoms with Crippen molar-refractivity contribution in [2.24, 2.45) is 0 Å². The number of aromatic nitrogens is 2. The summed E-state index contributed by atoms with van der Waals surface area (Å²) >= 11 is 0. The molecule has 2 amide bonds. The molecule has 128 valence electrons. The molecule has 0 aromatic carbocycles. The van der Waals surface area contributed by atoms with Crippen LogP contribution in [0.4, 0.5) is 4.39 Å². The first kappa shape index (κ1) is 15.3. The molecule has 0 N–H and O–H groups in total. The number of nitrogens with zero attached hydrogens (tertiary/aromatic N) is 4. The van der Waals surface area contributed by atoms with Gasteiger partial charge in [0.1, 0.15) is 0 Å². The van der Waals surface area contributed by atoms with Crippen LogP contribution in [0.2, 0.25) is 0 Å². The zero-order chi connectivity index (χ0) is 16.8. The summed E-state index contributed by atoms with van der Waals surface area (Å²) < 4.78 is 19.1. The molecule has 8 heteroatoms. The molecule has 3 aliphatic rings. The molecule has 2 aliphatic heterocycles. The fraction of sp³-hybridized carbons (Fsp3) is 0.625. The summed E-state index contributed by atoms with van der Waals surface area (Å²) in [6.07, 6.45) is 2.66. The first-order valence-corrected chi connectivity index (χ1v) is 8.29. The first-order chi connectivity index (χ1) is 11.5. The fourth-order valence-corrected chi connectivity index (χ4v) is 3.41. The zero-order valence-electron chi connectivity index (χ0n) is 13.5. The molecule has 3 heterocycles. The van der Waals surface area contributed by atoms with Crippen LogP contribution in [0, 0.1) is 6.92 Å². The molecule has 24 heavy (non-hydrogen) atoms. The monoisotopic (exact) mass is 334 g/mol. The van der Waals surface area contributed by atoms with E-state index >= 15 is 0 Å². The zero-order valence-corrected chi connectivity index (χ0v) is 13.5. The van der Waals surface area contributed by atoms with Crippen LogP contribution < -0.4 is 0 Å². The normalized spacial score (nSPS) is 24.2. The lowest BCUT2D eigenvalue weighted by Crippen LogP contribution is -2.61. The number of hydrogen-bond donors (Lipinski definition) is 0. The number of allylic oxidation sites excluding steroid dienone is 1. The number of likely N-dealkylation sites (tertiary alicyclic amines) is 2. The molecule has 3 fully saturated rings. The SMILES string of the molecule is Cc1noc(C2CC(=O)N(C3CN(C(=O)C(F)=C4CCC4)C3)C2)n1. The highest BCUT2D eigenvalue weighted by molar-refractivity contribution is 5.93. The van der Waals surface area contributed by atoms with E-state index in [1.165, 1.54) is 4.90 Å². The summed E-state index contributed by atoms with van der Waals surface area (Å²) in [7, 11) is 0. The predicted octanol–water partition coefficient (Wildman–Crippen LogP) is 1.31. The van der Waals surface area contributed by atoms with E-state index < -0.39 is 11.7 Å². The Labute approximate surface area is 138 Å². The number of rotatable bonds is 3.